The average Bonchev–Trinajstić information content (AvgIpc) is 2.31. The van der Waals surface area contributed by atoms with E-state index >= 15 is 0 Å². The molecule has 0 aromatic carbocycles. The van der Waals surface area contributed by atoms with Crippen LogP contribution in [0.4, 0.5) is 0 Å². The molecule has 0 saturated carbocycles. The first-order valence-electron chi connectivity index (χ1n) is 3.35. The number of fused-ring (bicyclic) bond motifs is 1. The van der Waals surface area contributed by atoms with Crippen LogP contribution in [0.2, 0.25) is 5.15 Å². The summed E-state index contributed by atoms with van der Waals surface area (Å²) in [5.41, 5.74) is 0.763. The molecule has 0 radical (unpaired) electrons. The van der Waals surface area contributed by atoms with E-state index in [9.17, 15) is 0 Å². The molecule has 12 heavy (non-hydrogen) atoms. The molecule has 0 fully saturated rings. The van der Waals surface area contributed by atoms with Crippen LogP contribution >= 0.6 is 27.5 Å². The molecule has 1 N–H and O–H groups in total. The Kier molecular flexibility index (Phi) is 1.81. The summed E-state index contributed by atoms with van der Waals surface area (Å²) < 4.78 is 0.891. The molecule has 2 rings (SSSR count). The quantitative estimate of drug-likeness (QED) is 0.726. The lowest BCUT2D eigenvalue weighted by molar-refractivity contribution is 1.08. The zero-order chi connectivity index (χ0) is 8.72. The predicted molar refractivity (Wildman–Crippen MR) is 51.3 cm³/mol. The summed E-state index contributed by atoms with van der Waals surface area (Å²) in [4.78, 5) is 11.2. The van der Waals surface area contributed by atoms with Gasteiger partial charge < -0.3 is 4.98 Å². The van der Waals surface area contributed by atoms with Gasteiger partial charge in [-0.15, -0.1) is 0 Å². The van der Waals surface area contributed by atoms with Gasteiger partial charge in [-0.3, -0.25) is 0 Å². The monoisotopic (exact) mass is 245 g/mol. The molecule has 0 aliphatic rings. The van der Waals surface area contributed by atoms with Crippen molar-refractivity contribution < 1.29 is 0 Å². The predicted octanol–water partition coefficient (Wildman–Crippen LogP) is 2.68. The highest BCUT2D eigenvalue weighted by Gasteiger charge is 2.08. The van der Waals surface area contributed by atoms with E-state index in [1.807, 2.05) is 0 Å². The molecule has 0 aliphatic carbocycles. The summed E-state index contributed by atoms with van der Waals surface area (Å²) in [6.07, 6.45) is 1.80. The summed E-state index contributed by atoms with van der Waals surface area (Å²) in [5.74, 6) is 0.668. The Morgan fingerprint density at radius 1 is 1.50 bits per heavy atom. The standard InChI is InChI=1S/C7H5BrClN3/c1-3-11-6(9)5-4(8)2-10-7(5)12-3/h2H,1H3,(H,10,11,12). The molecule has 0 atom stereocenters. The summed E-state index contributed by atoms with van der Waals surface area (Å²) in [7, 11) is 0. The Morgan fingerprint density at radius 3 is 3.00 bits per heavy atom. The molecule has 2 aromatic heterocycles. The number of aromatic nitrogens is 3. The fourth-order valence-electron chi connectivity index (χ4n) is 1.06. The van der Waals surface area contributed by atoms with Crippen LogP contribution < -0.4 is 0 Å². The van der Waals surface area contributed by atoms with E-state index in [2.05, 4.69) is 30.9 Å². The molecule has 0 unspecified atom stereocenters. The van der Waals surface area contributed by atoms with Gasteiger partial charge in [0.1, 0.15) is 16.6 Å². The van der Waals surface area contributed by atoms with Crippen molar-refractivity contribution in [3.05, 3.63) is 21.6 Å². The third kappa shape index (κ3) is 1.11. The molecule has 0 amide bonds. The molecule has 2 aromatic rings. The normalized spacial score (nSPS) is 10.9. The average molecular weight is 246 g/mol. The van der Waals surface area contributed by atoms with Crippen molar-refractivity contribution >= 4 is 38.6 Å². The lowest BCUT2D eigenvalue weighted by atomic mass is 10.4. The summed E-state index contributed by atoms with van der Waals surface area (Å²) >= 11 is 9.25. The van der Waals surface area contributed by atoms with Gasteiger partial charge in [0.05, 0.1) is 5.39 Å². The second-order valence-corrected chi connectivity index (χ2v) is 3.63. The van der Waals surface area contributed by atoms with Crippen LogP contribution in [0.1, 0.15) is 5.82 Å². The first-order chi connectivity index (χ1) is 5.68. The second kappa shape index (κ2) is 2.71. The van der Waals surface area contributed by atoms with E-state index in [0.29, 0.717) is 11.0 Å². The fraction of sp³-hybridized carbons (Fsp3) is 0.143. The number of nitrogens with one attached hydrogen (secondary N) is 1. The minimum atomic E-state index is 0.477. The third-order valence-electron chi connectivity index (χ3n) is 1.55. The fourth-order valence-corrected chi connectivity index (χ4v) is 1.98. The van der Waals surface area contributed by atoms with Crippen LogP contribution in [0.5, 0.6) is 0 Å². The highest BCUT2D eigenvalue weighted by atomic mass is 79.9. The van der Waals surface area contributed by atoms with Crippen LogP contribution in [0.25, 0.3) is 11.0 Å². The molecule has 3 nitrogen and oxygen atoms in total. The molecule has 0 bridgehead atoms. The molecule has 0 aliphatic heterocycles. The number of aromatic amines is 1. The van der Waals surface area contributed by atoms with Gasteiger partial charge in [-0.1, -0.05) is 11.6 Å². The second-order valence-electron chi connectivity index (χ2n) is 2.42. The largest absolute Gasteiger partial charge is 0.345 e. The zero-order valence-corrected chi connectivity index (χ0v) is 8.57. The highest BCUT2D eigenvalue weighted by Crippen LogP contribution is 2.27. The van der Waals surface area contributed by atoms with E-state index in [0.717, 1.165) is 15.5 Å². The Balaban J connectivity index is 2.93. The maximum Gasteiger partial charge on any atom is 0.143 e. The van der Waals surface area contributed by atoms with E-state index in [1.54, 1.807) is 13.1 Å². The van der Waals surface area contributed by atoms with Crippen molar-refractivity contribution in [2.45, 2.75) is 6.92 Å². The maximum absolute atomic E-state index is 5.91. The van der Waals surface area contributed by atoms with Crippen molar-refractivity contribution in [1.29, 1.82) is 0 Å². The SMILES string of the molecule is Cc1nc(Cl)c2c(Br)c[nH]c2n1. The first kappa shape index (κ1) is 8.01. The number of aryl methyl sites for hydroxylation is 1. The van der Waals surface area contributed by atoms with Gasteiger partial charge in [-0.25, -0.2) is 9.97 Å². The highest BCUT2D eigenvalue weighted by molar-refractivity contribution is 9.10. The minimum absolute atomic E-state index is 0.477. The Bertz CT molecular complexity index is 437. The number of rotatable bonds is 0. The van der Waals surface area contributed by atoms with Gasteiger partial charge >= 0.3 is 0 Å². The Labute approximate surface area is 82.3 Å². The van der Waals surface area contributed by atoms with Crippen molar-refractivity contribution in [3.63, 3.8) is 0 Å². The summed E-state index contributed by atoms with van der Waals surface area (Å²) in [6.45, 7) is 1.81. The molecule has 62 valence electrons. The van der Waals surface area contributed by atoms with Gasteiger partial charge in [-0.05, 0) is 22.9 Å². The molecule has 2 heterocycles. The van der Waals surface area contributed by atoms with Crippen molar-refractivity contribution in [3.8, 4) is 0 Å². The zero-order valence-electron chi connectivity index (χ0n) is 6.23. The van der Waals surface area contributed by atoms with E-state index < -0.39 is 0 Å². The topological polar surface area (TPSA) is 41.6 Å². The van der Waals surface area contributed by atoms with Gasteiger partial charge in [0, 0.05) is 10.7 Å². The van der Waals surface area contributed by atoms with Gasteiger partial charge in [0.25, 0.3) is 0 Å². The summed E-state index contributed by atoms with van der Waals surface area (Å²) in [6, 6.07) is 0. The van der Waals surface area contributed by atoms with Crippen LogP contribution in [0, 0.1) is 6.92 Å². The Hall–Kier alpha value is -0.610. The number of hydrogen-bond donors (Lipinski definition) is 1. The van der Waals surface area contributed by atoms with E-state index in [4.69, 9.17) is 11.6 Å². The van der Waals surface area contributed by atoms with Gasteiger partial charge in [0.2, 0.25) is 0 Å². The van der Waals surface area contributed by atoms with Gasteiger partial charge in [-0.2, -0.15) is 0 Å². The van der Waals surface area contributed by atoms with Crippen molar-refractivity contribution in [2.75, 3.05) is 0 Å². The third-order valence-corrected chi connectivity index (χ3v) is 2.45. The minimum Gasteiger partial charge on any atom is -0.345 e. The van der Waals surface area contributed by atoms with Gasteiger partial charge in [0.15, 0.2) is 0 Å². The molecule has 5 heteroatoms. The molecular weight excluding hydrogens is 241 g/mol. The lowest BCUT2D eigenvalue weighted by Gasteiger charge is -1.95. The smallest absolute Gasteiger partial charge is 0.143 e. The van der Waals surface area contributed by atoms with Crippen molar-refractivity contribution in [2.24, 2.45) is 0 Å². The number of hydrogen-bond acceptors (Lipinski definition) is 2. The summed E-state index contributed by atoms with van der Waals surface area (Å²) in [5, 5.41) is 1.31. The van der Waals surface area contributed by atoms with Crippen molar-refractivity contribution in [1.82, 2.24) is 15.0 Å². The number of H-pyrrole nitrogens is 1. The van der Waals surface area contributed by atoms with E-state index in [1.165, 1.54) is 0 Å². The molecular formula is C7H5BrClN3. The number of nitrogens with zero attached hydrogens (tertiary/aromatic N) is 2. The van der Waals surface area contributed by atoms with Crippen LogP contribution in [-0.2, 0) is 0 Å². The first-order valence-corrected chi connectivity index (χ1v) is 4.52. The molecule has 0 spiro atoms. The van der Waals surface area contributed by atoms with E-state index in [-0.39, 0.29) is 0 Å². The lowest BCUT2D eigenvalue weighted by Crippen LogP contribution is -1.88. The number of halogens is 2. The van der Waals surface area contributed by atoms with Crippen LogP contribution in [0.15, 0.2) is 10.7 Å². The maximum atomic E-state index is 5.91. The van der Waals surface area contributed by atoms with Crippen LogP contribution in [0.3, 0.4) is 0 Å². The van der Waals surface area contributed by atoms with Crippen LogP contribution in [-0.4, -0.2) is 15.0 Å². The Morgan fingerprint density at radius 2 is 2.25 bits per heavy atom. The molecule has 0 saturated heterocycles.